The molecule has 1 heterocycles. The highest BCUT2D eigenvalue weighted by Crippen LogP contribution is 1.96. The Bertz CT molecular complexity index is 181. The number of nitrogens with one attached hydrogen (secondary N) is 1. The van der Waals surface area contributed by atoms with Gasteiger partial charge in [0.2, 0.25) is 9.70 Å². The molecule has 0 aromatic rings. The van der Waals surface area contributed by atoms with E-state index in [2.05, 4.69) is 5.32 Å². The molecule has 0 aliphatic carbocycles. The van der Waals surface area contributed by atoms with Crippen LogP contribution in [0.25, 0.3) is 0 Å². The summed E-state index contributed by atoms with van der Waals surface area (Å²) in [5, 5.41) is 2.69. The zero-order chi connectivity index (χ0) is 8.27. The number of halogens is 1. The van der Waals surface area contributed by atoms with E-state index in [4.69, 9.17) is 0 Å². The van der Waals surface area contributed by atoms with Crippen LogP contribution in [0.15, 0.2) is 0 Å². The topological polar surface area (TPSA) is 49.4 Å². The van der Waals surface area contributed by atoms with Gasteiger partial charge in [0.05, 0.1) is 13.1 Å². The molecule has 0 spiro atoms. The first kappa shape index (κ1) is 8.92. The Hall–Kier alpha value is -0.170. The normalized spacial score (nSPS) is 19.5. The van der Waals surface area contributed by atoms with Gasteiger partial charge in [0.15, 0.2) is 0 Å². The van der Waals surface area contributed by atoms with Gasteiger partial charge >= 0.3 is 0 Å². The van der Waals surface area contributed by atoms with Crippen molar-refractivity contribution in [2.45, 2.75) is 0 Å². The summed E-state index contributed by atoms with van der Waals surface area (Å²) in [6.07, 6.45) is 0. The first-order valence-corrected chi connectivity index (χ1v) is 4.44. The fraction of sp³-hybridized carbons (Fsp3) is 0.667. The maximum atomic E-state index is 10.8. The molecule has 0 aromatic carbocycles. The summed E-state index contributed by atoms with van der Waals surface area (Å²) in [5.41, 5.74) is 0. The predicted molar refractivity (Wildman–Crippen MR) is 48.5 cm³/mol. The molecule has 0 saturated carbocycles. The summed E-state index contributed by atoms with van der Waals surface area (Å²) >= 11 is 1.74. The molecule has 0 atom stereocenters. The smallest absolute Gasteiger partial charge is 0.234 e. The summed E-state index contributed by atoms with van der Waals surface area (Å²) in [6.45, 7) is 2.17. The number of hydrogen-bond acceptors (Lipinski definition) is 3. The van der Waals surface area contributed by atoms with Crippen LogP contribution in [0.3, 0.4) is 0 Å². The maximum absolute atomic E-state index is 10.8. The highest BCUT2D eigenvalue weighted by atomic mass is 127. The van der Waals surface area contributed by atoms with Gasteiger partial charge in [-0.3, -0.25) is 14.5 Å². The van der Waals surface area contributed by atoms with Crippen molar-refractivity contribution in [2.75, 3.05) is 26.2 Å². The Kier molecular flexibility index (Phi) is 3.25. The van der Waals surface area contributed by atoms with Gasteiger partial charge in [-0.05, 0) is 0 Å². The lowest BCUT2D eigenvalue weighted by Crippen LogP contribution is -2.48. The van der Waals surface area contributed by atoms with Crippen LogP contribution in [-0.4, -0.2) is 40.8 Å². The van der Waals surface area contributed by atoms with Gasteiger partial charge in [-0.1, -0.05) is 0 Å². The molecule has 5 heteroatoms. The van der Waals surface area contributed by atoms with E-state index in [9.17, 15) is 9.59 Å². The van der Waals surface area contributed by atoms with Crippen LogP contribution in [-0.2, 0) is 9.59 Å². The second kappa shape index (κ2) is 4.01. The average Bonchev–Trinajstić information content (AvgIpc) is 1.85. The first-order chi connectivity index (χ1) is 5.18. The van der Waals surface area contributed by atoms with Gasteiger partial charge in [0, 0.05) is 35.7 Å². The van der Waals surface area contributed by atoms with Crippen molar-refractivity contribution in [1.29, 1.82) is 0 Å². The summed E-state index contributed by atoms with van der Waals surface area (Å²) < 4.78 is 0.0808. The monoisotopic (exact) mass is 268 g/mol. The van der Waals surface area contributed by atoms with E-state index in [0.717, 1.165) is 6.54 Å². The number of carbonyl (C=O) groups excluding carboxylic acids is 2. The van der Waals surface area contributed by atoms with E-state index in [1.54, 1.807) is 22.6 Å². The molecule has 1 fully saturated rings. The molecule has 1 aliphatic heterocycles. The van der Waals surface area contributed by atoms with Crippen molar-refractivity contribution in [1.82, 2.24) is 10.2 Å². The first-order valence-electron chi connectivity index (χ1n) is 3.36. The molecule has 1 rings (SSSR count). The number of carbonyl (C=O) groups is 2. The lowest BCUT2D eigenvalue weighted by atomic mass is 10.3. The Labute approximate surface area is 78.5 Å². The lowest BCUT2D eigenvalue weighted by Gasteiger charge is -2.24. The van der Waals surface area contributed by atoms with Gasteiger partial charge < -0.3 is 5.32 Å². The van der Waals surface area contributed by atoms with E-state index in [1.165, 1.54) is 0 Å². The minimum atomic E-state index is 0.00824. The van der Waals surface area contributed by atoms with Gasteiger partial charge in [0.1, 0.15) is 0 Å². The molecule has 1 amide bonds. The molecule has 0 radical (unpaired) electrons. The summed E-state index contributed by atoms with van der Waals surface area (Å²) in [4.78, 5) is 23.3. The summed E-state index contributed by atoms with van der Waals surface area (Å²) in [6, 6.07) is 0. The summed E-state index contributed by atoms with van der Waals surface area (Å²) in [7, 11) is 0. The van der Waals surface area contributed by atoms with Crippen molar-refractivity contribution >= 4 is 32.3 Å². The molecule has 0 unspecified atom stereocenters. The molecule has 0 bridgehead atoms. The standard InChI is InChI=1S/C6H9IN2O2/c7-5(10)3-9-2-1-8-6(11)4-9/h1-4H2,(H,8,11). The van der Waals surface area contributed by atoms with Gasteiger partial charge in [-0.25, -0.2) is 0 Å². The van der Waals surface area contributed by atoms with Gasteiger partial charge in [-0.2, -0.15) is 0 Å². The second-order valence-electron chi connectivity index (χ2n) is 2.42. The number of rotatable bonds is 2. The Morgan fingerprint density at radius 2 is 2.45 bits per heavy atom. The molecule has 11 heavy (non-hydrogen) atoms. The van der Waals surface area contributed by atoms with Crippen LogP contribution < -0.4 is 5.32 Å². The van der Waals surface area contributed by atoms with Crippen molar-refractivity contribution in [3.8, 4) is 0 Å². The molecular formula is C6H9IN2O2. The molecule has 1 aliphatic rings. The number of amides is 1. The highest BCUT2D eigenvalue weighted by molar-refractivity contribution is 14.1. The number of piperazine rings is 1. The second-order valence-corrected chi connectivity index (χ2v) is 3.62. The third-order valence-electron chi connectivity index (χ3n) is 1.47. The van der Waals surface area contributed by atoms with Crippen LogP contribution >= 0.6 is 22.6 Å². The highest BCUT2D eigenvalue weighted by Gasteiger charge is 2.16. The minimum absolute atomic E-state index is 0.00824. The SMILES string of the molecule is O=C(I)CN1CCNC(=O)C1. The Morgan fingerprint density at radius 3 is 3.00 bits per heavy atom. The largest absolute Gasteiger partial charge is 0.354 e. The quantitative estimate of drug-likeness (QED) is 0.536. The maximum Gasteiger partial charge on any atom is 0.234 e. The predicted octanol–water partition coefficient (Wildman–Crippen LogP) is -0.620. The molecule has 0 aromatic heterocycles. The van der Waals surface area contributed by atoms with Crippen molar-refractivity contribution in [2.24, 2.45) is 0 Å². The van der Waals surface area contributed by atoms with E-state index < -0.39 is 0 Å². The zero-order valence-electron chi connectivity index (χ0n) is 5.97. The van der Waals surface area contributed by atoms with E-state index in [-0.39, 0.29) is 9.70 Å². The fourth-order valence-corrected chi connectivity index (χ4v) is 1.48. The minimum Gasteiger partial charge on any atom is -0.354 e. The number of nitrogens with zero attached hydrogens (tertiary/aromatic N) is 1. The Morgan fingerprint density at radius 1 is 1.73 bits per heavy atom. The van der Waals surface area contributed by atoms with Crippen molar-refractivity contribution < 1.29 is 9.59 Å². The molecular weight excluding hydrogens is 259 g/mol. The zero-order valence-corrected chi connectivity index (χ0v) is 8.13. The third-order valence-corrected chi connectivity index (χ3v) is 1.81. The van der Waals surface area contributed by atoms with Gasteiger partial charge in [0.25, 0.3) is 0 Å². The molecule has 1 N–H and O–H groups in total. The van der Waals surface area contributed by atoms with Crippen molar-refractivity contribution in [3.63, 3.8) is 0 Å². The molecule has 1 saturated heterocycles. The van der Waals surface area contributed by atoms with Crippen LogP contribution in [0.4, 0.5) is 0 Å². The van der Waals surface area contributed by atoms with E-state index in [1.807, 2.05) is 4.90 Å². The fourth-order valence-electron chi connectivity index (χ4n) is 1.00. The molecule has 4 nitrogen and oxygen atoms in total. The van der Waals surface area contributed by atoms with Crippen LogP contribution in [0.2, 0.25) is 0 Å². The van der Waals surface area contributed by atoms with E-state index >= 15 is 0 Å². The average molecular weight is 268 g/mol. The van der Waals surface area contributed by atoms with E-state index in [0.29, 0.717) is 19.6 Å². The molecule has 62 valence electrons. The third kappa shape index (κ3) is 3.15. The van der Waals surface area contributed by atoms with Gasteiger partial charge in [-0.15, -0.1) is 0 Å². The summed E-state index contributed by atoms with van der Waals surface area (Å²) in [5.74, 6) is 0.00824. The lowest BCUT2D eigenvalue weighted by molar-refractivity contribution is -0.124. The Balaban J connectivity index is 2.34. The van der Waals surface area contributed by atoms with Crippen LogP contribution in [0.1, 0.15) is 0 Å². The van der Waals surface area contributed by atoms with Crippen molar-refractivity contribution in [3.05, 3.63) is 0 Å². The van der Waals surface area contributed by atoms with Crippen LogP contribution in [0.5, 0.6) is 0 Å². The van der Waals surface area contributed by atoms with Crippen LogP contribution in [0, 0.1) is 0 Å². The number of hydrogen-bond donors (Lipinski definition) is 1.